The van der Waals surface area contributed by atoms with Gasteiger partial charge in [0.2, 0.25) is 0 Å². The molecule has 3 nitrogen and oxygen atoms in total. The van der Waals surface area contributed by atoms with Crippen LogP contribution in [0.15, 0.2) is 30.5 Å². The Morgan fingerprint density at radius 2 is 2.12 bits per heavy atom. The van der Waals surface area contributed by atoms with Gasteiger partial charge in [0.15, 0.2) is 5.13 Å². The number of hydrogen-bond acceptors (Lipinski definition) is 4. The third-order valence-corrected chi connectivity index (χ3v) is 3.11. The first-order valence-electron chi connectivity index (χ1n) is 5.36. The second kappa shape index (κ2) is 5.14. The van der Waals surface area contributed by atoms with Crippen LogP contribution in [0.1, 0.15) is 12.5 Å². The molecular formula is C12H14FN3S. The van der Waals surface area contributed by atoms with E-state index in [2.05, 4.69) is 17.2 Å². The van der Waals surface area contributed by atoms with Gasteiger partial charge >= 0.3 is 0 Å². The molecule has 0 bridgehead atoms. The molecule has 0 spiro atoms. The first-order valence-corrected chi connectivity index (χ1v) is 6.17. The highest BCUT2D eigenvalue weighted by atomic mass is 32.1. The van der Waals surface area contributed by atoms with Crippen LogP contribution in [0, 0.1) is 5.82 Å². The van der Waals surface area contributed by atoms with E-state index in [0.717, 1.165) is 17.1 Å². The van der Waals surface area contributed by atoms with Crippen molar-refractivity contribution < 1.29 is 4.39 Å². The minimum Gasteiger partial charge on any atom is -0.389 e. The number of benzene rings is 1. The minimum atomic E-state index is -0.206. The minimum absolute atomic E-state index is 0.206. The zero-order chi connectivity index (χ0) is 12.3. The van der Waals surface area contributed by atoms with Crippen LogP contribution in [0.3, 0.4) is 0 Å². The van der Waals surface area contributed by atoms with Gasteiger partial charge in [0.05, 0.1) is 6.20 Å². The summed E-state index contributed by atoms with van der Waals surface area (Å²) in [4.78, 5) is 4.13. The smallest absolute Gasteiger partial charge is 0.184 e. The summed E-state index contributed by atoms with van der Waals surface area (Å²) in [7, 11) is 0. The number of nitrogen functional groups attached to an aromatic ring is 1. The Hall–Kier alpha value is -1.62. The summed E-state index contributed by atoms with van der Waals surface area (Å²) in [5, 5.41) is 4.77. The molecule has 2 aromatic rings. The quantitative estimate of drug-likeness (QED) is 0.878. The summed E-state index contributed by atoms with van der Waals surface area (Å²) in [5.41, 5.74) is 6.69. The maximum absolute atomic E-state index is 12.7. The monoisotopic (exact) mass is 251 g/mol. The highest BCUT2D eigenvalue weighted by molar-refractivity contribution is 7.19. The van der Waals surface area contributed by atoms with Crippen molar-refractivity contribution in [3.63, 3.8) is 0 Å². The second-order valence-electron chi connectivity index (χ2n) is 3.94. The maximum atomic E-state index is 12.7. The van der Waals surface area contributed by atoms with Gasteiger partial charge in [-0.2, -0.15) is 0 Å². The number of rotatable bonds is 4. The summed E-state index contributed by atoms with van der Waals surface area (Å²) in [6.45, 7) is 2.06. The average molecular weight is 251 g/mol. The van der Waals surface area contributed by atoms with Gasteiger partial charge in [-0.15, -0.1) is 0 Å². The van der Waals surface area contributed by atoms with Crippen LogP contribution in [-0.2, 0) is 6.42 Å². The van der Waals surface area contributed by atoms with Crippen molar-refractivity contribution in [1.29, 1.82) is 0 Å². The first kappa shape index (κ1) is 11.9. The number of thiazole rings is 1. The van der Waals surface area contributed by atoms with E-state index in [1.54, 1.807) is 18.3 Å². The zero-order valence-corrected chi connectivity index (χ0v) is 10.3. The van der Waals surface area contributed by atoms with E-state index in [4.69, 9.17) is 5.73 Å². The van der Waals surface area contributed by atoms with Crippen LogP contribution in [0.4, 0.5) is 14.5 Å². The molecule has 90 valence electrons. The first-order chi connectivity index (χ1) is 8.13. The number of nitrogens with one attached hydrogen (secondary N) is 1. The lowest BCUT2D eigenvalue weighted by molar-refractivity contribution is 0.626. The fraction of sp³-hybridized carbons (Fsp3) is 0.250. The number of halogens is 1. The third-order valence-electron chi connectivity index (χ3n) is 2.35. The van der Waals surface area contributed by atoms with Gasteiger partial charge in [-0.05, 0) is 31.0 Å². The van der Waals surface area contributed by atoms with E-state index in [9.17, 15) is 4.39 Å². The van der Waals surface area contributed by atoms with Crippen LogP contribution in [0.5, 0.6) is 0 Å². The normalized spacial score (nSPS) is 12.4. The molecule has 0 aliphatic carbocycles. The molecule has 1 atom stereocenters. The van der Waals surface area contributed by atoms with Crippen molar-refractivity contribution in [3.05, 3.63) is 41.8 Å². The predicted molar refractivity (Wildman–Crippen MR) is 69.7 cm³/mol. The standard InChI is InChI=1S/C12H14FN3S/c1-8(16-12-15-7-11(14)17-12)6-9-2-4-10(13)5-3-9/h2-5,7-8H,6,14H2,1H3,(H,15,16). The van der Waals surface area contributed by atoms with Crippen LogP contribution >= 0.6 is 11.3 Å². The number of nitrogens with two attached hydrogens (primary N) is 1. The highest BCUT2D eigenvalue weighted by Crippen LogP contribution is 2.20. The molecule has 17 heavy (non-hydrogen) atoms. The second-order valence-corrected chi connectivity index (χ2v) is 5.01. The van der Waals surface area contributed by atoms with E-state index in [1.165, 1.54) is 23.5 Å². The predicted octanol–water partition coefficient (Wildman–Crippen LogP) is 2.91. The van der Waals surface area contributed by atoms with Gasteiger partial charge in [0.1, 0.15) is 10.8 Å². The lowest BCUT2D eigenvalue weighted by atomic mass is 10.1. The molecule has 5 heteroatoms. The molecule has 0 aliphatic rings. The number of anilines is 2. The average Bonchev–Trinajstić information content (AvgIpc) is 2.67. The van der Waals surface area contributed by atoms with Gasteiger partial charge in [-0.25, -0.2) is 9.37 Å². The summed E-state index contributed by atoms with van der Waals surface area (Å²) in [6.07, 6.45) is 2.46. The summed E-state index contributed by atoms with van der Waals surface area (Å²) in [5.74, 6) is -0.206. The van der Waals surface area contributed by atoms with E-state index in [1.807, 2.05) is 0 Å². The molecule has 0 radical (unpaired) electrons. The molecular weight excluding hydrogens is 237 g/mol. The third kappa shape index (κ3) is 3.42. The van der Waals surface area contributed by atoms with Crippen molar-refractivity contribution in [3.8, 4) is 0 Å². The molecule has 0 saturated heterocycles. The Bertz CT molecular complexity index is 481. The van der Waals surface area contributed by atoms with Crippen LogP contribution in [0.25, 0.3) is 0 Å². The topological polar surface area (TPSA) is 50.9 Å². The molecule has 0 saturated carbocycles. The van der Waals surface area contributed by atoms with E-state index >= 15 is 0 Å². The van der Waals surface area contributed by atoms with E-state index in [-0.39, 0.29) is 11.9 Å². The highest BCUT2D eigenvalue weighted by Gasteiger charge is 2.06. The number of nitrogens with zero attached hydrogens (tertiary/aromatic N) is 1. The Labute approximate surface area is 103 Å². The Balaban J connectivity index is 1.93. The number of hydrogen-bond donors (Lipinski definition) is 2. The van der Waals surface area contributed by atoms with Gasteiger partial charge in [-0.3, -0.25) is 0 Å². The lowest BCUT2D eigenvalue weighted by Gasteiger charge is -2.12. The zero-order valence-electron chi connectivity index (χ0n) is 9.48. The molecule has 1 unspecified atom stereocenters. The van der Waals surface area contributed by atoms with Gasteiger partial charge < -0.3 is 11.1 Å². The molecule has 3 N–H and O–H groups in total. The summed E-state index contributed by atoms with van der Waals surface area (Å²) in [6, 6.07) is 6.77. The van der Waals surface area contributed by atoms with Gasteiger partial charge in [0.25, 0.3) is 0 Å². The fourth-order valence-corrected chi connectivity index (χ4v) is 2.28. The molecule has 0 amide bonds. The van der Waals surface area contributed by atoms with Gasteiger partial charge in [0, 0.05) is 6.04 Å². The maximum Gasteiger partial charge on any atom is 0.184 e. The summed E-state index contributed by atoms with van der Waals surface area (Å²) >= 11 is 1.42. The Morgan fingerprint density at radius 1 is 1.41 bits per heavy atom. The molecule has 0 fully saturated rings. The Kier molecular flexibility index (Phi) is 3.58. The van der Waals surface area contributed by atoms with E-state index < -0.39 is 0 Å². The van der Waals surface area contributed by atoms with Gasteiger partial charge in [-0.1, -0.05) is 23.5 Å². The van der Waals surface area contributed by atoms with Crippen molar-refractivity contribution in [2.24, 2.45) is 0 Å². The molecule has 1 aromatic heterocycles. The molecule has 1 aromatic carbocycles. The van der Waals surface area contributed by atoms with Crippen LogP contribution in [-0.4, -0.2) is 11.0 Å². The molecule has 0 aliphatic heterocycles. The van der Waals surface area contributed by atoms with Crippen molar-refractivity contribution in [2.75, 3.05) is 11.1 Å². The van der Waals surface area contributed by atoms with Crippen LogP contribution < -0.4 is 11.1 Å². The SMILES string of the molecule is CC(Cc1ccc(F)cc1)Nc1ncc(N)s1. The fourth-order valence-electron chi connectivity index (χ4n) is 1.59. The Morgan fingerprint density at radius 3 is 2.71 bits per heavy atom. The molecule has 2 rings (SSSR count). The summed E-state index contributed by atoms with van der Waals surface area (Å²) < 4.78 is 12.7. The van der Waals surface area contributed by atoms with Crippen LogP contribution in [0.2, 0.25) is 0 Å². The lowest BCUT2D eigenvalue weighted by Crippen LogP contribution is -2.17. The largest absolute Gasteiger partial charge is 0.389 e. The van der Waals surface area contributed by atoms with E-state index in [0.29, 0.717) is 5.00 Å². The van der Waals surface area contributed by atoms with Crippen molar-refractivity contribution >= 4 is 21.5 Å². The van der Waals surface area contributed by atoms with Crippen molar-refractivity contribution in [2.45, 2.75) is 19.4 Å². The van der Waals surface area contributed by atoms with Crippen molar-refractivity contribution in [1.82, 2.24) is 4.98 Å². The molecule has 1 heterocycles. The number of aromatic nitrogens is 1.